The fraction of sp³-hybridized carbons (Fsp3) is 0.167. The summed E-state index contributed by atoms with van der Waals surface area (Å²) in [7, 11) is 0. The summed E-state index contributed by atoms with van der Waals surface area (Å²) in [6.07, 6.45) is 1.66. The fourth-order valence-electron chi connectivity index (χ4n) is 0.663. The van der Waals surface area contributed by atoms with E-state index in [2.05, 4.69) is 0 Å². The molecule has 1 fully saturated rings. The molecule has 1 saturated heterocycles. The van der Waals surface area contributed by atoms with Crippen molar-refractivity contribution in [2.75, 3.05) is 0 Å². The first-order chi connectivity index (χ1) is 6.06. The molecular weight excluding hydrogens is 214 g/mol. The Labute approximate surface area is 81.7 Å². The molecule has 0 atom stereocenters. The molecule has 1 heterocycles. The van der Waals surface area contributed by atoms with Gasteiger partial charge >= 0.3 is 5.97 Å². The summed E-state index contributed by atoms with van der Waals surface area (Å²) < 4.78 is -0.169. The lowest BCUT2D eigenvalue weighted by Crippen LogP contribution is -2.24. The number of nitrogens with two attached hydrogens (primary N) is 1. The summed E-state index contributed by atoms with van der Waals surface area (Å²) in [5, 5.41) is 8.55. The Morgan fingerprint density at radius 1 is 1.46 bits per heavy atom. The van der Waals surface area contributed by atoms with Gasteiger partial charge in [0.15, 0.2) is 0 Å². The molecule has 0 aromatic carbocycles. The molecule has 0 spiro atoms. The summed E-state index contributed by atoms with van der Waals surface area (Å²) in [5.41, 5.74) is 4.38. The molecule has 5 nitrogen and oxygen atoms in total. The van der Waals surface area contributed by atoms with Crippen molar-refractivity contribution in [3.05, 3.63) is 9.81 Å². The van der Waals surface area contributed by atoms with Crippen molar-refractivity contribution in [3.63, 3.8) is 0 Å². The molecule has 0 saturated carbocycles. The van der Waals surface area contributed by atoms with Gasteiger partial charge in [0.1, 0.15) is 10.2 Å². The van der Waals surface area contributed by atoms with Crippen LogP contribution in [0.25, 0.3) is 0 Å². The standard InChI is InChI=1S/C6H4NO4S2/c7-4(9)3(5(10)11)6-12-2(1-8)13-6/h2H,(H2,7,9)(H,10,11). The second-order valence-corrected chi connectivity index (χ2v) is 4.80. The van der Waals surface area contributed by atoms with Crippen molar-refractivity contribution in [2.45, 2.75) is 4.58 Å². The Morgan fingerprint density at radius 3 is 2.31 bits per heavy atom. The number of thioether (sulfide) groups is 2. The van der Waals surface area contributed by atoms with E-state index >= 15 is 0 Å². The molecule has 1 rings (SSSR count). The molecule has 0 aromatic rings. The minimum absolute atomic E-state index is 0.272. The number of carbonyl (C=O) groups excluding carboxylic acids is 2. The van der Waals surface area contributed by atoms with Gasteiger partial charge in [-0.25, -0.2) is 4.79 Å². The highest BCUT2D eigenvalue weighted by Gasteiger charge is 2.33. The van der Waals surface area contributed by atoms with Crippen LogP contribution in [-0.4, -0.2) is 27.9 Å². The zero-order chi connectivity index (χ0) is 10.0. The van der Waals surface area contributed by atoms with Crippen LogP contribution in [0.4, 0.5) is 0 Å². The molecule has 1 amide bonds. The van der Waals surface area contributed by atoms with E-state index in [1.54, 1.807) is 6.29 Å². The van der Waals surface area contributed by atoms with Crippen LogP contribution in [0.5, 0.6) is 0 Å². The van der Waals surface area contributed by atoms with Crippen molar-refractivity contribution >= 4 is 41.7 Å². The highest BCUT2D eigenvalue weighted by molar-refractivity contribution is 8.39. The highest BCUT2D eigenvalue weighted by atomic mass is 32.3. The van der Waals surface area contributed by atoms with Crippen LogP contribution in [0.3, 0.4) is 0 Å². The zero-order valence-corrected chi connectivity index (χ0v) is 7.78. The van der Waals surface area contributed by atoms with Gasteiger partial charge in [0, 0.05) is 0 Å². The third-order valence-electron chi connectivity index (χ3n) is 1.19. The van der Waals surface area contributed by atoms with E-state index in [1.165, 1.54) is 0 Å². The average molecular weight is 218 g/mol. The van der Waals surface area contributed by atoms with E-state index in [0.717, 1.165) is 23.5 Å². The van der Waals surface area contributed by atoms with Crippen molar-refractivity contribution < 1.29 is 19.5 Å². The maximum absolute atomic E-state index is 10.6. The predicted molar refractivity (Wildman–Crippen MR) is 48.5 cm³/mol. The maximum Gasteiger partial charge on any atom is 0.343 e. The predicted octanol–water partition coefficient (Wildman–Crippen LogP) is -0.316. The average Bonchev–Trinajstić information content (AvgIpc) is 1.93. The van der Waals surface area contributed by atoms with Crippen LogP contribution < -0.4 is 5.73 Å². The van der Waals surface area contributed by atoms with Gasteiger partial charge in [-0.15, -0.1) is 0 Å². The molecular formula is C6H4NO4S2. The Balaban J connectivity index is 2.83. The van der Waals surface area contributed by atoms with Crippen LogP contribution in [0.1, 0.15) is 0 Å². The van der Waals surface area contributed by atoms with Gasteiger partial charge in [0.05, 0.1) is 4.24 Å². The third kappa shape index (κ3) is 2.04. The lowest BCUT2D eigenvalue weighted by molar-refractivity contribution is -0.134. The molecule has 1 aliphatic rings. The minimum atomic E-state index is -1.37. The van der Waals surface area contributed by atoms with Crippen molar-refractivity contribution in [1.82, 2.24) is 0 Å². The number of carbonyl (C=O) groups is 2. The van der Waals surface area contributed by atoms with E-state index in [1.807, 2.05) is 0 Å². The lowest BCUT2D eigenvalue weighted by Gasteiger charge is -2.22. The molecule has 0 aliphatic carbocycles. The quantitative estimate of drug-likeness (QED) is 0.383. The fourth-order valence-corrected chi connectivity index (χ4v) is 2.64. The normalized spacial score (nSPS) is 20.3. The SMILES string of the molecule is NC(=O)C(C(=O)O)=C1SC([C]=O)S1. The van der Waals surface area contributed by atoms with Crippen molar-refractivity contribution in [1.29, 1.82) is 0 Å². The summed E-state index contributed by atoms with van der Waals surface area (Å²) in [6.45, 7) is 0. The monoisotopic (exact) mass is 218 g/mol. The van der Waals surface area contributed by atoms with Gasteiger partial charge < -0.3 is 10.8 Å². The minimum Gasteiger partial charge on any atom is -0.477 e. The first-order valence-corrected chi connectivity index (χ1v) is 4.80. The molecule has 7 heteroatoms. The number of rotatable bonds is 3. The number of primary amides is 1. The lowest BCUT2D eigenvalue weighted by atomic mass is 10.3. The van der Waals surface area contributed by atoms with Gasteiger partial charge in [0.25, 0.3) is 5.91 Å². The first-order valence-electron chi connectivity index (χ1n) is 3.04. The molecule has 1 aliphatic heterocycles. The van der Waals surface area contributed by atoms with Gasteiger partial charge in [-0.1, -0.05) is 23.5 Å². The smallest absolute Gasteiger partial charge is 0.343 e. The largest absolute Gasteiger partial charge is 0.477 e. The summed E-state index contributed by atoms with van der Waals surface area (Å²) in [6, 6.07) is 0. The van der Waals surface area contributed by atoms with Crippen molar-refractivity contribution in [3.8, 4) is 0 Å². The molecule has 0 unspecified atom stereocenters. The molecule has 13 heavy (non-hydrogen) atoms. The van der Waals surface area contributed by atoms with Gasteiger partial charge in [-0.3, -0.25) is 9.59 Å². The number of hydrogen-bond acceptors (Lipinski definition) is 5. The Hall–Kier alpha value is -0.950. The molecule has 0 aromatic heterocycles. The maximum atomic E-state index is 10.6. The summed E-state index contributed by atoms with van der Waals surface area (Å²) >= 11 is 1.95. The Bertz CT molecular complexity index is 288. The second-order valence-electron chi connectivity index (χ2n) is 2.02. The van der Waals surface area contributed by atoms with E-state index in [4.69, 9.17) is 10.8 Å². The van der Waals surface area contributed by atoms with Crippen molar-refractivity contribution in [2.24, 2.45) is 5.73 Å². The number of carboxylic acids is 1. The molecule has 1 radical (unpaired) electrons. The topological polar surface area (TPSA) is 97.5 Å². The number of carboxylic acid groups (broad SMARTS) is 1. The van der Waals surface area contributed by atoms with E-state index < -0.39 is 22.0 Å². The zero-order valence-electron chi connectivity index (χ0n) is 6.14. The third-order valence-corrected chi connectivity index (χ3v) is 3.80. The van der Waals surface area contributed by atoms with E-state index in [-0.39, 0.29) is 4.24 Å². The number of amides is 1. The van der Waals surface area contributed by atoms with Gasteiger partial charge in [0.2, 0.25) is 6.29 Å². The molecule has 69 valence electrons. The Morgan fingerprint density at radius 2 is 2.00 bits per heavy atom. The van der Waals surface area contributed by atoms with Crippen LogP contribution in [0, 0.1) is 0 Å². The van der Waals surface area contributed by atoms with Crippen LogP contribution in [0.15, 0.2) is 9.81 Å². The first kappa shape index (κ1) is 10.1. The Kier molecular flexibility index (Phi) is 2.99. The summed E-state index contributed by atoms with van der Waals surface area (Å²) in [5.74, 6) is -2.36. The van der Waals surface area contributed by atoms with E-state index in [9.17, 15) is 14.4 Å². The van der Waals surface area contributed by atoms with Crippen LogP contribution >= 0.6 is 23.5 Å². The summed E-state index contributed by atoms with van der Waals surface area (Å²) in [4.78, 5) is 31.2. The number of aliphatic carboxylic acids is 1. The van der Waals surface area contributed by atoms with Gasteiger partial charge in [-0.2, -0.15) is 0 Å². The molecule has 0 bridgehead atoms. The second kappa shape index (κ2) is 3.84. The molecule has 3 N–H and O–H groups in total. The highest BCUT2D eigenvalue weighted by Crippen LogP contribution is 2.51. The van der Waals surface area contributed by atoms with Crippen LogP contribution in [0.2, 0.25) is 0 Å². The van der Waals surface area contributed by atoms with Crippen LogP contribution in [-0.2, 0) is 14.4 Å². The van der Waals surface area contributed by atoms with E-state index in [0.29, 0.717) is 0 Å². The number of hydrogen-bond donors (Lipinski definition) is 2. The van der Waals surface area contributed by atoms with Gasteiger partial charge in [-0.05, 0) is 0 Å².